The molecule has 0 radical (unpaired) electrons. The van der Waals surface area contributed by atoms with Gasteiger partial charge in [-0.25, -0.2) is 4.98 Å². The largest absolute Gasteiger partial charge is 0.503 e. The first-order chi connectivity index (χ1) is 5.24. The number of rotatable bonds is 2. The van der Waals surface area contributed by atoms with Crippen LogP contribution >= 0.6 is 0 Å². The molecule has 11 heavy (non-hydrogen) atoms. The van der Waals surface area contributed by atoms with E-state index in [0.717, 1.165) is 5.69 Å². The Morgan fingerprint density at radius 3 is 2.91 bits per heavy atom. The van der Waals surface area contributed by atoms with E-state index in [0.29, 0.717) is 12.5 Å². The lowest BCUT2D eigenvalue weighted by molar-refractivity contribution is 0.304. The summed E-state index contributed by atoms with van der Waals surface area (Å²) in [6, 6.07) is 3.31. The van der Waals surface area contributed by atoms with Crippen molar-refractivity contribution in [2.45, 2.75) is 13.8 Å². The lowest BCUT2D eigenvalue weighted by Gasteiger charge is -2.03. The fourth-order valence-corrected chi connectivity index (χ4v) is 0.768. The van der Waals surface area contributed by atoms with E-state index in [4.69, 9.17) is 4.74 Å². The predicted molar refractivity (Wildman–Crippen MR) is 41.8 cm³/mol. The van der Waals surface area contributed by atoms with Crippen LogP contribution in [0, 0.1) is 6.92 Å². The van der Waals surface area contributed by atoms with Gasteiger partial charge in [-0.2, -0.15) is 0 Å². The average Bonchev–Trinajstić information content (AvgIpc) is 1.98. The highest BCUT2D eigenvalue weighted by Gasteiger charge is 2.01. The van der Waals surface area contributed by atoms with Crippen LogP contribution in [0.4, 0.5) is 0 Å². The average molecular weight is 153 g/mol. The zero-order chi connectivity index (χ0) is 8.27. The van der Waals surface area contributed by atoms with Crippen molar-refractivity contribution in [3.63, 3.8) is 0 Å². The van der Waals surface area contributed by atoms with E-state index in [2.05, 4.69) is 4.98 Å². The zero-order valence-electron chi connectivity index (χ0n) is 6.66. The van der Waals surface area contributed by atoms with Gasteiger partial charge in [-0.15, -0.1) is 0 Å². The molecule has 0 saturated heterocycles. The smallest absolute Gasteiger partial charge is 0.256 e. The summed E-state index contributed by atoms with van der Waals surface area (Å²) in [5, 5.41) is 9.18. The van der Waals surface area contributed by atoms with Crippen LogP contribution in [-0.2, 0) is 0 Å². The topological polar surface area (TPSA) is 42.4 Å². The van der Waals surface area contributed by atoms with Crippen molar-refractivity contribution in [1.82, 2.24) is 4.98 Å². The Bertz CT molecular complexity index is 248. The minimum Gasteiger partial charge on any atom is -0.503 e. The van der Waals surface area contributed by atoms with Gasteiger partial charge in [0.05, 0.1) is 6.61 Å². The molecule has 0 bridgehead atoms. The number of pyridine rings is 1. The molecular formula is C8H11NO2. The summed E-state index contributed by atoms with van der Waals surface area (Å²) in [5.41, 5.74) is 0.839. The number of aromatic nitrogens is 1. The molecular weight excluding hydrogens is 142 g/mol. The monoisotopic (exact) mass is 153 g/mol. The maximum atomic E-state index is 9.18. The summed E-state index contributed by atoms with van der Waals surface area (Å²) in [6.45, 7) is 4.22. The lowest BCUT2D eigenvalue weighted by Crippen LogP contribution is -1.95. The molecule has 0 saturated carbocycles. The van der Waals surface area contributed by atoms with E-state index < -0.39 is 0 Å². The number of nitrogens with zero attached hydrogens (tertiary/aromatic N) is 1. The molecule has 1 aromatic rings. The third-order valence-electron chi connectivity index (χ3n) is 1.26. The molecule has 0 spiro atoms. The molecule has 0 amide bonds. The van der Waals surface area contributed by atoms with Crippen LogP contribution in [-0.4, -0.2) is 16.7 Å². The van der Waals surface area contributed by atoms with E-state index >= 15 is 0 Å². The number of aromatic hydroxyl groups is 1. The van der Waals surface area contributed by atoms with Crippen LogP contribution in [0.15, 0.2) is 12.1 Å². The molecule has 0 atom stereocenters. The second kappa shape index (κ2) is 3.23. The molecule has 60 valence electrons. The zero-order valence-corrected chi connectivity index (χ0v) is 6.66. The number of ether oxygens (including phenoxy) is 1. The van der Waals surface area contributed by atoms with Crippen molar-refractivity contribution in [3.05, 3.63) is 17.8 Å². The second-order valence-electron chi connectivity index (χ2n) is 2.21. The lowest BCUT2D eigenvalue weighted by atomic mass is 10.3. The highest BCUT2D eigenvalue weighted by Crippen LogP contribution is 2.22. The molecule has 0 unspecified atom stereocenters. The van der Waals surface area contributed by atoms with Crippen LogP contribution in [0.5, 0.6) is 11.6 Å². The molecule has 0 aromatic carbocycles. The molecule has 0 aliphatic carbocycles. The van der Waals surface area contributed by atoms with Crippen molar-refractivity contribution >= 4 is 0 Å². The summed E-state index contributed by atoms with van der Waals surface area (Å²) in [6.07, 6.45) is 0. The minimum absolute atomic E-state index is 0.0949. The van der Waals surface area contributed by atoms with Gasteiger partial charge in [-0.3, -0.25) is 0 Å². The van der Waals surface area contributed by atoms with Gasteiger partial charge in [0.1, 0.15) is 0 Å². The maximum Gasteiger partial charge on any atom is 0.256 e. The highest BCUT2D eigenvalue weighted by atomic mass is 16.5. The molecule has 3 nitrogen and oxygen atoms in total. The van der Waals surface area contributed by atoms with Crippen molar-refractivity contribution in [2.24, 2.45) is 0 Å². The fourth-order valence-electron chi connectivity index (χ4n) is 0.768. The normalized spacial score (nSPS) is 9.64. The van der Waals surface area contributed by atoms with Crippen LogP contribution in [0.25, 0.3) is 0 Å². The summed E-state index contributed by atoms with van der Waals surface area (Å²) in [4.78, 5) is 3.99. The minimum atomic E-state index is 0.0949. The van der Waals surface area contributed by atoms with Gasteiger partial charge in [0.15, 0.2) is 5.75 Å². The Kier molecular flexibility index (Phi) is 2.31. The Labute approximate surface area is 65.7 Å². The Morgan fingerprint density at radius 2 is 2.27 bits per heavy atom. The van der Waals surface area contributed by atoms with Crippen LogP contribution in [0.2, 0.25) is 0 Å². The third kappa shape index (κ3) is 1.83. The second-order valence-corrected chi connectivity index (χ2v) is 2.21. The molecule has 0 aliphatic rings. The van der Waals surface area contributed by atoms with Gasteiger partial charge in [0.2, 0.25) is 0 Å². The quantitative estimate of drug-likeness (QED) is 0.700. The van der Waals surface area contributed by atoms with Crippen LogP contribution in [0.1, 0.15) is 12.6 Å². The van der Waals surface area contributed by atoms with Crippen molar-refractivity contribution in [2.75, 3.05) is 6.61 Å². The first-order valence-corrected chi connectivity index (χ1v) is 3.53. The third-order valence-corrected chi connectivity index (χ3v) is 1.26. The Balaban J connectivity index is 2.93. The SMILES string of the molecule is CCOc1nc(C)ccc1O. The number of aryl methyl sites for hydroxylation is 1. The summed E-state index contributed by atoms with van der Waals surface area (Å²) in [5.74, 6) is 0.407. The standard InChI is InChI=1S/C8H11NO2/c1-3-11-8-7(10)5-4-6(2)9-8/h4-5,10H,3H2,1-2H3. The molecule has 3 heteroatoms. The van der Waals surface area contributed by atoms with Crippen LogP contribution in [0.3, 0.4) is 0 Å². The van der Waals surface area contributed by atoms with E-state index in [9.17, 15) is 5.11 Å². The van der Waals surface area contributed by atoms with E-state index in [-0.39, 0.29) is 5.75 Å². The van der Waals surface area contributed by atoms with Gasteiger partial charge >= 0.3 is 0 Å². The fraction of sp³-hybridized carbons (Fsp3) is 0.375. The van der Waals surface area contributed by atoms with Gasteiger partial charge in [0, 0.05) is 5.69 Å². The van der Waals surface area contributed by atoms with E-state index in [1.807, 2.05) is 13.8 Å². The van der Waals surface area contributed by atoms with Gasteiger partial charge in [-0.05, 0) is 26.0 Å². The molecule has 0 aliphatic heterocycles. The molecule has 1 N–H and O–H groups in total. The molecule has 1 rings (SSSR count). The Morgan fingerprint density at radius 1 is 1.55 bits per heavy atom. The highest BCUT2D eigenvalue weighted by molar-refractivity contribution is 5.32. The molecule has 0 fully saturated rings. The van der Waals surface area contributed by atoms with Crippen molar-refractivity contribution in [3.8, 4) is 11.6 Å². The van der Waals surface area contributed by atoms with Crippen molar-refractivity contribution in [1.29, 1.82) is 0 Å². The number of hydrogen-bond donors (Lipinski definition) is 1. The Hall–Kier alpha value is -1.25. The van der Waals surface area contributed by atoms with Gasteiger partial charge in [-0.1, -0.05) is 0 Å². The van der Waals surface area contributed by atoms with Crippen molar-refractivity contribution < 1.29 is 9.84 Å². The summed E-state index contributed by atoms with van der Waals surface area (Å²) >= 11 is 0. The van der Waals surface area contributed by atoms with Crippen LogP contribution < -0.4 is 4.74 Å². The predicted octanol–water partition coefficient (Wildman–Crippen LogP) is 1.49. The summed E-state index contributed by atoms with van der Waals surface area (Å²) < 4.78 is 5.06. The van der Waals surface area contributed by atoms with E-state index in [1.165, 1.54) is 0 Å². The van der Waals surface area contributed by atoms with E-state index in [1.54, 1.807) is 12.1 Å². The molecule has 1 aromatic heterocycles. The summed E-state index contributed by atoms with van der Waals surface area (Å²) in [7, 11) is 0. The number of hydrogen-bond acceptors (Lipinski definition) is 3. The first-order valence-electron chi connectivity index (χ1n) is 3.53. The van der Waals surface area contributed by atoms with Gasteiger partial charge in [0.25, 0.3) is 5.88 Å². The first kappa shape index (κ1) is 7.85. The van der Waals surface area contributed by atoms with Gasteiger partial charge < -0.3 is 9.84 Å². The molecule has 1 heterocycles. The maximum absolute atomic E-state index is 9.18.